The van der Waals surface area contributed by atoms with Crippen LogP contribution in [0.15, 0.2) is 11.6 Å². The molecule has 0 saturated heterocycles. The van der Waals surface area contributed by atoms with Gasteiger partial charge in [-0.3, -0.25) is 0 Å². The molecule has 4 aliphatic carbocycles. The number of hydrogen-bond acceptors (Lipinski definition) is 1. The maximum absolute atomic E-state index is 10.2. The summed E-state index contributed by atoms with van der Waals surface area (Å²) in [6.07, 6.45) is 17.2. The Bertz CT molecular complexity index is 591. The van der Waals surface area contributed by atoms with Crippen LogP contribution in [0.25, 0.3) is 0 Å². The summed E-state index contributed by atoms with van der Waals surface area (Å²) in [7, 11) is 0. The van der Waals surface area contributed by atoms with Crippen LogP contribution in [0.1, 0.15) is 105 Å². The molecule has 0 aromatic carbocycles. The molecule has 0 bridgehead atoms. The largest absolute Gasteiger partial charge is 0.393 e. The van der Waals surface area contributed by atoms with Gasteiger partial charge in [-0.05, 0) is 97.7 Å². The van der Waals surface area contributed by atoms with Crippen molar-refractivity contribution >= 4 is 0 Å². The van der Waals surface area contributed by atoms with E-state index in [2.05, 4.69) is 40.7 Å². The molecule has 4 aliphatic rings. The first-order valence-electron chi connectivity index (χ1n) is 12.6. The van der Waals surface area contributed by atoms with Gasteiger partial charge < -0.3 is 5.11 Å². The summed E-state index contributed by atoms with van der Waals surface area (Å²) in [4.78, 5) is 0. The van der Waals surface area contributed by atoms with Crippen molar-refractivity contribution in [3.05, 3.63) is 11.6 Å². The second-order valence-electron chi connectivity index (χ2n) is 12.2. The van der Waals surface area contributed by atoms with Gasteiger partial charge in [-0.1, -0.05) is 65.5 Å². The highest BCUT2D eigenvalue weighted by Crippen LogP contribution is 2.67. The van der Waals surface area contributed by atoms with E-state index in [4.69, 9.17) is 0 Å². The number of aliphatic hydroxyl groups is 1. The van der Waals surface area contributed by atoms with Crippen molar-refractivity contribution in [1.29, 1.82) is 0 Å². The third-order valence-electron chi connectivity index (χ3n) is 10.3. The van der Waals surface area contributed by atoms with E-state index in [1.807, 2.05) is 0 Å². The van der Waals surface area contributed by atoms with Crippen molar-refractivity contribution in [2.24, 2.45) is 46.3 Å². The molecule has 1 heteroatoms. The maximum Gasteiger partial charge on any atom is 0.0577 e. The van der Waals surface area contributed by atoms with E-state index in [9.17, 15) is 5.11 Å². The fraction of sp³-hybridized carbons (Fsp3) is 0.926. The van der Waals surface area contributed by atoms with Crippen molar-refractivity contribution in [1.82, 2.24) is 0 Å². The van der Waals surface area contributed by atoms with Gasteiger partial charge in [0.1, 0.15) is 0 Å². The first-order valence-corrected chi connectivity index (χ1v) is 12.6. The Balaban J connectivity index is 1.49. The van der Waals surface area contributed by atoms with Gasteiger partial charge in [0.05, 0.1) is 6.10 Å². The lowest BCUT2D eigenvalue weighted by Crippen LogP contribution is -2.50. The normalized spacial score (nSPS) is 46.5. The Kier molecular flexibility index (Phi) is 5.80. The van der Waals surface area contributed by atoms with Crippen LogP contribution in [-0.2, 0) is 0 Å². The van der Waals surface area contributed by atoms with Gasteiger partial charge in [0.15, 0.2) is 0 Å². The molecule has 0 aromatic heterocycles. The van der Waals surface area contributed by atoms with E-state index < -0.39 is 0 Å². The van der Waals surface area contributed by atoms with Crippen LogP contribution in [0, 0.1) is 46.3 Å². The predicted molar refractivity (Wildman–Crippen MR) is 119 cm³/mol. The quantitative estimate of drug-likeness (QED) is 0.385. The molecule has 1 N–H and O–H groups in total. The average Bonchev–Trinajstić information content (AvgIpc) is 2.99. The third kappa shape index (κ3) is 3.42. The molecule has 3 saturated carbocycles. The highest BCUT2D eigenvalue weighted by Gasteiger charge is 2.59. The van der Waals surface area contributed by atoms with Crippen molar-refractivity contribution in [3.63, 3.8) is 0 Å². The Morgan fingerprint density at radius 3 is 2.54 bits per heavy atom. The Labute approximate surface area is 174 Å². The molecule has 0 spiro atoms. The summed E-state index contributed by atoms with van der Waals surface area (Å²) in [5.41, 5.74) is 2.60. The lowest BCUT2D eigenvalue weighted by atomic mass is 9.48. The third-order valence-corrected chi connectivity index (χ3v) is 10.3. The number of fused-ring (bicyclic) bond motifs is 5. The molecule has 0 aliphatic heterocycles. The zero-order valence-corrected chi connectivity index (χ0v) is 19.3. The van der Waals surface area contributed by atoms with Crippen LogP contribution in [0.3, 0.4) is 0 Å². The summed E-state index contributed by atoms with van der Waals surface area (Å²) in [6, 6.07) is 0. The maximum atomic E-state index is 10.2. The molecule has 28 heavy (non-hydrogen) atoms. The van der Waals surface area contributed by atoms with Crippen molar-refractivity contribution in [3.8, 4) is 0 Å². The van der Waals surface area contributed by atoms with Gasteiger partial charge in [-0.2, -0.15) is 0 Å². The smallest absolute Gasteiger partial charge is 0.0577 e. The van der Waals surface area contributed by atoms with Gasteiger partial charge in [-0.15, -0.1) is 0 Å². The van der Waals surface area contributed by atoms with Crippen LogP contribution < -0.4 is 0 Å². The summed E-state index contributed by atoms with van der Waals surface area (Å²) in [5.74, 6) is 5.46. The highest BCUT2D eigenvalue weighted by atomic mass is 16.3. The molecule has 8 atom stereocenters. The van der Waals surface area contributed by atoms with Crippen LogP contribution in [0.4, 0.5) is 0 Å². The summed E-state index contributed by atoms with van der Waals surface area (Å²) < 4.78 is 0. The number of allylic oxidation sites excluding steroid dienone is 1. The Morgan fingerprint density at radius 2 is 1.79 bits per heavy atom. The minimum absolute atomic E-state index is 0.0766. The van der Waals surface area contributed by atoms with Crippen LogP contribution in [0.2, 0.25) is 0 Å². The minimum atomic E-state index is -0.0766. The molecular formula is C27H46O. The first-order chi connectivity index (χ1) is 13.3. The molecule has 0 unspecified atom stereocenters. The van der Waals surface area contributed by atoms with Crippen LogP contribution in [0.5, 0.6) is 0 Å². The Hall–Kier alpha value is -0.300. The van der Waals surface area contributed by atoms with E-state index in [0.717, 1.165) is 48.3 Å². The van der Waals surface area contributed by atoms with Gasteiger partial charge in [0.25, 0.3) is 0 Å². The van der Waals surface area contributed by atoms with Gasteiger partial charge in [-0.25, -0.2) is 0 Å². The van der Waals surface area contributed by atoms with Crippen LogP contribution in [-0.4, -0.2) is 11.2 Å². The summed E-state index contributed by atoms with van der Waals surface area (Å²) in [5, 5.41) is 10.2. The van der Waals surface area contributed by atoms with E-state index in [0.29, 0.717) is 10.8 Å². The average molecular weight is 388 g/mol. The van der Waals surface area contributed by atoms with Crippen molar-refractivity contribution in [2.75, 3.05) is 0 Å². The molecule has 0 radical (unpaired) electrons. The molecule has 0 heterocycles. The monoisotopic (exact) mass is 387 g/mol. The minimum Gasteiger partial charge on any atom is -0.393 e. The molecule has 1 nitrogen and oxygen atoms in total. The zero-order chi connectivity index (χ0) is 20.1. The van der Waals surface area contributed by atoms with Gasteiger partial charge >= 0.3 is 0 Å². The second kappa shape index (κ2) is 7.75. The van der Waals surface area contributed by atoms with E-state index in [1.54, 1.807) is 5.57 Å². The highest BCUT2D eigenvalue weighted by molar-refractivity contribution is 5.25. The number of rotatable bonds is 5. The van der Waals surface area contributed by atoms with Crippen LogP contribution >= 0.6 is 0 Å². The lowest BCUT2D eigenvalue weighted by molar-refractivity contribution is -0.0573. The molecule has 160 valence electrons. The first kappa shape index (κ1) is 21.0. The molecular weight excluding hydrogens is 341 g/mol. The van der Waals surface area contributed by atoms with Crippen molar-refractivity contribution < 1.29 is 5.11 Å². The van der Waals surface area contributed by atoms with E-state index in [1.165, 1.54) is 57.8 Å². The van der Waals surface area contributed by atoms with Gasteiger partial charge in [0, 0.05) is 0 Å². The fourth-order valence-electron chi connectivity index (χ4n) is 8.67. The lowest BCUT2D eigenvalue weighted by Gasteiger charge is -2.58. The second-order valence-corrected chi connectivity index (χ2v) is 12.2. The topological polar surface area (TPSA) is 20.2 Å². The Morgan fingerprint density at radius 1 is 1.00 bits per heavy atom. The standard InChI is InChI=1S/C27H46O/c1-18(2)7-6-8-19(3)23-11-12-24-22-10-9-20-17-21(28)13-15-26(20,4)25(22)14-16-27(23,24)5/h9,18-19,21-25,28H,6-8,10-17H2,1-5H3/t19-,21+,22+,23-,24+,25+,26+,27-/m1/s1/i17+1. The molecule has 3 fully saturated rings. The molecule has 4 rings (SSSR count). The van der Waals surface area contributed by atoms with E-state index >= 15 is 0 Å². The summed E-state index contributed by atoms with van der Waals surface area (Å²) >= 11 is 0. The van der Waals surface area contributed by atoms with Gasteiger partial charge in [0.2, 0.25) is 0 Å². The summed E-state index contributed by atoms with van der Waals surface area (Å²) in [6.45, 7) is 12.6. The SMILES string of the molecule is CC(C)CCC[C@@H](C)[C@H]1CC[C@H]2[C@@H]3CC=C4[13CH2][C@@H](O)CC[C@]4(C)[C@H]3CC[C@]12C. The van der Waals surface area contributed by atoms with Crippen molar-refractivity contribution in [2.45, 2.75) is 111 Å². The fourth-order valence-corrected chi connectivity index (χ4v) is 8.67. The number of hydrogen-bond donors (Lipinski definition) is 1. The predicted octanol–water partition coefficient (Wildman–Crippen LogP) is 7.39. The van der Waals surface area contributed by atoms with E-state index in [-0.39, 0.29) is 6.10 Å². The number of aliphatic hydroxyl groups excluding tert-OH is 1. The zero-order valence-electron chi connectivity index (χ0n) is 19.3. The molecule has 0 aromatic rings. The molecule has 0 amide bonds.